The molecule has 0 radical (unpaired) electrons. The molecule has 2 saturated heterocycles. The predicted molar refractivity (Wildman–Crippen MR) is 137 cm³/mol. The number of nitro groups is 1. The Labute approximate surface area is 221 Å². The summed E-state index contributed by atoms with van der Waals surface area (Å²) >= 11 is 2.71. The Kier molecular flexibility index (Phi) is 8.25. The molecule has 4 atom stereocenters. The van der Waals surface area contributed by atoms with Gasteiger partial charge in [-0.1, -0.05) is 18.2 Å². The van der Waals surface area contributed by atoms with Gasteiger partial charge in [0.15, 0.2) is 17.6 Å². The summed E-state index contributed by atoms with van der Waals surface area (Å²) in [6.45, 7) is -0.378. The molecule has 2 fully saturated rings. The highest BCUT2D eigenvalue weighted by molar-refractivity contribution is 8.04. The first kappa shape index (κ1) is 26.8. The monoisotopic (exact) mass is 547 g/mol. The van der Waals surface area contributed by atoms with Gasteiger partial charge in [0.2, 0.25) is 5.91 Å². The second-order valence-electron chi connectivity index (χ2n) is 8.25. The molecule has 2 heterocycles. The summed E-state index contributed by atoms with van der Waals surface area (Å²) in [5.41, 5.74) is 0.489. The minimum atomic E-state index is -1.05. The van der Waals surface area contributed by atoms with Gasteiger partial charge in [0.1, 0.15) is 23.8 Å². The Morgan fingerprint density at radius 3 is 2.54 bits per heavy atom. The van der Waals surface area contributed by atoms with Gasteiger partial charge in [0, 0.05) is 25.0 Å². The van der Waals surface area contributed by atoms with E-state index in [0.717, 1.165) is 0 Å². The van der Waals surface area contributed by atoms with Gasteiger partial charge in [-0.05, 0) is 36.1 Å². The number of β-lactam (4-membered cyclic amide) rings is 1. The van der Waals surface area contributed by atoms with Crippen LogP contribution < -0.4 is 10.1 Å². The Bertz CT molecular complexity index is 1160. The lowest BCUT2D eigenvalue weighted by molar-refractivity contribution is -0.384. The third-order valence-electron chi connectivity index (χ3n) is 6.10. The fourth-order valence-corrected chi connectivity index (χ4v) is 6.83. The third kappa shape index (κ3) is 5.53. The summed E-state index contributed by atoms with van der Waals surface area (Å²) in [5.74, 6) is -0.618. The SMILES string of the molecule is CO[C@]1(SC)CS[C@H]2[C@H](NC(=O)COc3ccccc3)C(=O)N2[C@@H]1C(=O)OCc1ccc([N+](=O)[O-])cc1. The predicted octanol–water partition coefficient (Wildman–Crippen LogP) is 2.19. The topological polar surface area (TPSA) is 137 Å². The van der Waals surface area contributed by atoms with E-state index in [1.165, 1.54) is 59.8 Å². The zero-order valence-corrected chi connectivity index (χ0v) is 21.7. The Morgan fingerprint density at radius 1 is 1.22 bits per heavy atom. The van der Waals surface area contributed by atoms with Crippen LogP contribution in [0.15, 0.2) is 54.6 Å². The lowest BCUT2D eigenvalue weighted by Crippen LogP contribution is -2.79. The van der Waals surface area contributed by atoms with Crippen LogP contribution in [0.1, 0.15) is 5.56 Å². The van der Waals surface area contributed by atoms with E-state index in [4.69, 9.17) is 14.2 Å². The van der Waals surface area contributed by atoms with Crippen molar-refractivity contribution in [1.29, 1.82) is 0 Å². The van der Waals surface area contributed by atoms with Crippen molar-refractivity contribution in [2.24, 2.45) is 0 Å². The molecule has 0 aliphatic carbocycles. The van der Waals surface area contributed by atoms with Crippen molar-refractivity contribution in [3.05, 3.63) is 70.3 Å². The fourth-order valence-electron chi connectivity index (χ4n) is 4.11. The van der Waals surface area contributed by atoms with E-state index in [-0.39, 0.29) is 18.9 Å². The normalized spacial score (nSPS) is 24.4. The minimum absolute atomic E-state index is 0.0727. The first-order chi connectivity index (χ1) is 17.8. The Balaban J connectivity index is 1.41. The van der Waals surface area contributed by atoms with Crippen molar-refractivity contribution in [1.82, 2.24) is 10.2 Å². The van der Waals surface area contributed by atoms with Gasteiger partial charge in [0.25, 0.3) is 11.6 Å². The highest BCUT2D eigenvalue weighted by Crippen LogP contribution is 2.48. The molecule has 13 heteroatoms. The van der Waals surface area contributed by atoms with E-state index in [0.29, 0.717) is 17.1 Å². The van der Waals surface area contributed by atoms with Gasteiger partial charge in [-0.25, -0.2) is 4.79 Å². The van der Waals surface area contributed by atoms with Crippen LogP contribution in [0.5, 0.6) is 5.75 Å². The highest BCUT2D eigenvalue weighted by Gasteiger charge is 2.63. The summed E-state index contributed by atoms with van der Waals surface area (Å²) < 4.78 is 16.7. The number of nitrogens with one attached hydrogen (secondary N) is 1. The van der Waals surface area contributed by atoms with Crippen LogP contribution in [0.4, 0.5) is 5.69 Å². The van der Waals surface area contributed by atoms with Crippen molar-refractivity contribution in [2.45, 2.75) is 29.0 Å². The van der Waals surface area contributed by atoms with E-state index in [9.17, 15) is 24.5 Å². The number of nitro benzene ring substituents is 1. The zero-order valence-electron chi connectivity index (χ0n) is 20.0. The number of non-ortho nitro benzene ring substituents is 1. The summed E-state index contributed by atoms with van der Waals surface area (Å²) in [6, 6.07) is 12.6. The third-order valence-corrected chi connectivity index (χ3v) is 8.95. The van der Waals surface area contributed by atoms with Crippen LogP contribution in [0.3, 0.4) is 0 Å². The molecule has 37 heavy (non-hydrogen) atoms. The molecular formula is C24H25N3O8S2. The van der Waals surface area contributed by atoms with E-state index >= 15 is 0 Å². The number of hydrogen-bond acceptors (Lipinski definition) is 10. The van der Waals surface area contributed by atoms with Crippen LogP contribution in [0.2, 0.25) is 0 Å². The first-order valence-electron chi connectivity index (χ1n) is 11.2. The second-order valence-corrected chi connectivity index (χ2v) is 10.5. The lowest BCUT2D eigenvalue weighted by Gasteiger charge is -2.57. The number of para-hydroxylation sites is 1. The van der Waals surface area contributed by atoms with E-state index < -0.39 is 45.1 Å². The average molecular weight is 548 g/mol. The molecule has 2 aliphatic heterocycles. The summed E-state index contributed by atoms with van der Waals surface area (Å²) in [4.78, 5) is 49.5. The molecule has 196 valence electrons. The number of rotatable bonds is 10. The first-order valence-corrected chi connectivity index (χ1v) is 13.5. The fraction of sp³-hybridized carbons (Fsp3) is 0.375. The number of esters is 1. The number of methoxy groups -OCH3 is 1. The zero-order chi connectivity index (χ0) is 26.6. The molecule has 0 bridgehead atoms. The molecule has 2 aromatic carbocycles. The van der Waals surface area contributed by atoms with Crippen LogP contribution in [-0.4, -0.2) is 75.7 Å². The summed E-state index contributed by atoms with van der Waals surface area (Å²) in [6.07, 6.45) is 1.78. The van der Waals surface area contributed by atoms with E-state index in [1.54, 1.807) is 30.5 Å². The van der Waals surface area contributed by atoms with E-state index in [2.05, 4.69) is 5.32 Å². The number of hydrogen-bond donors (Lipinski definition) is 1. The quantitative estimate of drug-likeness (QED) is 0.155. The summed E-state index contributed by atoms with van der Waals surface area (Å²) in [7, 11) is 1.47. The summed E-state index contributed by atoms with van der Waals surface area (Å²) in [5, 5.41) is 13.1. The molecule has 4 rings (SSSR count). The molecule has 0 saturated carbocycles. The molecule has 0 spiro atoms. The van der Waals surface area contributed by atoms with Gasteiger partial charge >= 0.3 is 5.97 Å². The molecular weight excluding hydrogens is 522 g/mol. The van der Waals surface area contributed by atoms with Crippen LogP contribution >= 0.6 is 23.5 Å². The number of amides is 2. The van der Waals surface area contributed by atoms with Gasteiger partial charge in [-0.3, -0.25) is 19.7 Å². The maximum atomic E-state index is 13.3. The van der Waals surface area contributed by atoms with Crippen molar-refractivity contribution < 1.29 is 33.5 Å². The second kappa shape index (κ2) is 11.4. The largest absolute Gasteiger partial charge is 0.484 e. The van der Waals surface area contributed by atoms with Gasteiger partial charge in [-0.2, -0.15) is 0 Å². The standard InChI is InChI=1S/C24H25N3O8S2/c1-33-24(36-2)14-37-22-19(25-18(28)13-34-17-6-4-3-5-7-17)21(29)26(22)20(24)23(30)35-12-15-8-10-16(11-9-15)27(31)32/h3-11,19-20,22H,12-14H2,1-2H3,(H,25,28)/t19-,20-,22+,24+/m1/s1. The van der Waals surface area contributed by atoms with Gasteiger partial charge < -0.3 is 24.4 Å². The van der Waals surface area contributed by atoms with Crippen LogP contribution in [0, 0.1) is 10.1 Å². The number of carbonyl (C=O) groups is 3. The van der Waals surface area contributed by atoms with E-state index in [1.807, 2.05) is 6.07 Å². The molecule has 2 aliphatic rings. The molecule has 0 unspecified atom stereocenters. The van der Waals surface area contributed by atoms with Crippen molar-refractivity contribution in [3.63, 3.8) is 0 Å². The number of thioether (sulfide) groups is 2. The van der Waals surface area contributed by atoms with Crippen LogP contribution in [-0.2, 0) is 30.5 Å². The minimum Gasteiger partial charge on any atom is -0.484 e. The van der Waals surface area contributed by atoms with Crippen molar-refractivity contribution in [3.8, 4) is 5.75 Å². The van der Waals surface area contributed by atoms with Crippen molar-refractivity contribution in [2.75, 3.05) is 25.7 Å². The number of carbonyl (C=O) groups excluding carboxylic acids is 3. The molecule has 11 nitrogen and oxygen atoms in total. The average Bonchev–Trinajstić information content (AvgIpc) is 2.93. The smallest absolute Gasteiger partial charge is 0.333 e. The number of ether oxygens (including phenoxy) is 3. The molecule has 2 aromatic rings. The molecule has 2 amide bonds. The number of benzene rings is 2. The Morgan fingerprint density at radius 2 is 1.92 bits per heavy atom. The highest BCUT2D eigenvalue weighted by atomic mass is 32.2. The van der Waals surface area contributed by atoms with Gasteiger partial charge in [-0.15, -0.1) is 23.5 Å². The number of nitrogens with zero attached hydrogens (tertiary/aromatic N) is 2. The molecule has 0 aromatic heterocycles. The molecule has 1 N–H and O–H groups in total. The number of fused-ring (bicyclic) bond motifs is 1. The maximum Gasteiger partial charge on any atom is 0.333 e. The lowest BCUT2D eigenvalue weighted by atomic mass is 9.99. The van der Waals surface area contributed by atoms with Gasteiger partial charge in [0.05, 0.1) is 4.92 Å². The van der Waals surface area contributed by atoms with Crippen molar-refractivity contribution >= 4 is 47.0 Å². The van der Waals surface area contributed by atoms with Crippen LogP contribution in [0.25, 0.3) is 0 Å². The Hall–Kier alpha value is -3.29. The maximum absolute atomic E-state index is 13.3.